The van der Waals surface area contributed by atoms with E-state index in [1.807, 2.05) is 32.0 Å². The second-order valence-electron chi connectivity index (χ2n) is 4.12. The lowest BCUT2D eigenvalue weighted by Gasteiger charge is -2.06. The largest absolute Gasteiger partial charge is 0.381 e. The predicted molar refractivity (Wildman–Crippen MR) is 73.2 cm³/mol. The molecule has 1 aromatic carbocycles. The molecule has 1 aromatic heterocycles. The van der Waals surface area contributed by atoms with Crippen molar-refractivity contribution < 1.29 is 4.52 Å². The van der Waals surface area contributed by atoms with Gasteiger partial charge < -0.3 is 10.3 Å². The number of halogens is 2. The van der Waals surface area contributed by atoms with E-state index < -0.39 is 0 Å². The van der Waals surface area contributed by atoms with Crippen LogP contribution in [-0.4, -0.2) is 5.16 Å². The minimum atomic E-state index is 0.244. The van der Waals surface area contributed by atoms with Gasteiger partial charge in [-0.1, -0.05) is 46.5 Å². The van der Waals surface area contributed by atoms with Gasteiger partial charge in [0.05, 0.1) is 0 Å². The number of anilines is 1. The molecule has 3 nitrogen and oxygen atoms in total. The predicted octanol–water partition coefficient (Wildman–Crippen LogP) is 4.46. The maximum Gasteiger partial charge on any atom is 0.172 e. The Hall–Kier alpha value is -1.000. The van der Waals surface area contributed by atoms with Gasteiger partial charge in [-0.05, 0) is 24.1 Å². The molecule has 0 amide bonds. The summed E-state index contributed by atoms with van der Waals surface area (Å²) in [5.41, 5.74) is 7.59. The highest BCUT2D eigenvalue weighted by molar-refractivity contribution is 9.10. The molecule has 0 aliphatic carbocycles. The number of nitrogens with two attached hydrogens (primary N) is 1. The first kappa shape index (κ1) is 12.5. The lowest BCUT2D eigenvalue weighted by molar-refractivity contribution is 0.434. The standard InChI is InChI=1S/C12H12BrClN2O/c1-6(2)10-11(17-16-12(10)15)7-3-8(13)5-9(14)4-7/h3-6H,1-2H3,(H2,15,16). The van der Waals surface area contributed by atoms with Crippen LogP contribution in [0.2, 0.25) is 5.02 Å². The molecule has 0 fully saturated rings. The van der Waals surface area contributed by atoms with Crippen LogP contribution in [0.5, 0.6) is 0 Å². The number of nitrogen functional groups attached to an aromatic ring is 1. The Labute approximate surface area is 113 Å². The fraction of sp³-hybridized carbons (Fsp3) is 0.250. The first-order valence-electron chi connectivity index (χ1n) is 5.20. The molecule has 0 aliphatic heterocycles. The first-order chi connectivity index (χ1) is 7.99. The van der Waals surface area contributed by atoms with Gasteiger partial charge in [0.1, 0.15) is 0 Å². The summed E-state index contributed by atoms with van der Waals surface area (Å²) < 4.78 is 6.19. The van der Waals surface area contributed by atoms with E-state index >= 15 is 0 Å². The van der Waals surface area contributed by atoms with Crippen LogP contribution >= 0.6 is 27.5 Å². The Kier molecular flexibility index (Phi) is 3.45. The Bertz CT molecular complexity index is 531. The van der Waals surface area contributed by atoms with Crippen LogP contribution in [-0.2, 0) is 0 Å². The second-order valence-corrected chi connectivity index (χ2v) is 5.48. The number of nitrogens with zero attached hydrogens (tertiary/aromatic N) is 1. The Morgan fingerprint density at radius 2 is 2.06 bits per heavy atom. The Balaban J connectivity index is 2.60. The zero-order valence-corrected chi connectivity index (χ0v) is 11.8. The fourth-order valence-electron chi connectivity index (χ4n) is 1.76. The number of hydrogen-bond donors (Lipinski definition) is 1. The summed E-state index contributed by atoms with van der Waals surface area (Å²) in [6, 6.07) is 5.58. The van der Waals surface area contributed by atoms with E-state index in [0.717, 1.165) is 15.6 Å². The molecular weight excluding hydrogens is 304 g/mol. The minimum absolute atomic E-state index is 0.244. The van der Waals surface area contributed by atoms with Crippen molar-refractivity contribution in [3.63, 3.8) is 0 Å². The molecule has 2 rings (SSSR count). The minimum Gasteiger partial charge on any atom is -0.381 e. The highest BCUT2D eigenvalue weighted by Crippen LogP contribution is 2.35. The van der Waals surface area contributed by atoms with Crippen LogP contribution in [0.15, 0.2) is 27.2 Å². The molecule has 0 unspecified atom stereocenters. The molecule has 1 heterocycles. The maximum absolute atomic E-state index is 6.02. The molecule has 0 atom stereocenters. The third-order valence-electron chi connectivity index (χ3n) is 2.46. The lowest BCUT2D eigenvalue weighted by atomic mass is 9.99. The summed E-state index contributed by atoms with van der Waals surface area (Å²) in [5, 5.41) is 4.46. The molecule has 0 bridgehead atoms. The van der Waals surface area contributed by atoms with Crippen molar-refractivity contribution in [1.29, 1.82) is 0 Å². The Morgan fingerprint density at radius 3 is 2.65 bits per heavy atom. The van der Waals surface area contributed by atoms with Crippen molar-refractivity contribution in [1.82, 2.24) is 5.16 Å². The number of hydrogen-bond acceptors (Lipinski definition) is 3. The van der Waals surface area contributed by atoms with E-state index in [9.17, 15) is 0 Å². The second kappa shape index (κ2) is 4.70. The molecule has 17 heavy (non-hydrogen) atoms. The van der Waals surface area contributed by atoms with E-state index in [-0.39, 0.29) is 5.92 Å². The van der Waals surface area contributed by atoms with Crippen molar-refractivity contribution in [2.45, 2.75) is 19.8 Å². The van der Waals surface area contributed by atoms with Gasteiger partial charge in [0.25, 0.3) is 0 Å². The van der Waals surface area contributed by atoms with Crippen LogP contribution in [0.25, 0.3) is 11.3 Å². The van der Waals surface area contributed by atoms with Gasteiger partial charge in [-0.15, -0.1) is 0 Å². The molecule has 2 N–H and O–H groups in total. The molecule has 5 heteroatoms. The van der Waals surface area contributed by atoms with Crippen molar-refractivity contribution >= 4 is 33.3 Å². The van der Waals surface area contributed by atoms with Crippen LogP contribution in [0.3, 0.4) is 0 Å². The fourth-order valence-corrected chi connectivity index (χ4v) is 2.62. The highest BCUT2D eigenvalue weighted by Gasteiger charge is 2.19. The van der Waals surface area contributed by atoms with Crippen molar-refractivity contribution in [3.05, 3.63) is 33.3 Å². The third-order valence-corrected chi connectivity index (χ3v) is 3.13. The zero-order valence-electron chi connectivity index (χ0n) is 9.50. The maximum atomic E-state index is 6.02. The quantitative estimate of drug-likeness (QED) is 0.890. The van der Waals surface area contributed by atoms with E-state index in [2.05, 4.69) is 21.1 Å². The van der Waals surface area contributed by atoms with Gasteiger partial charge in [-0.3, -0.25) is 0 Å². The number of rotatable bonds is 2. The van der Waals surface area contributed by atoms with E-state index in [1.54, 1.807) is 0 Å². The van der Waals surface area contributed by atoms with Gasteiger partial charge in [-0.25, -0.2) is 0 Å². The van der Waals surface area contributed by atoms with E-state index in [4.69, 9.17) is 21.9 Å². The summed E-state index contributed by atoms with van der Waals surface area (Å²) >= 11 is 9.42. The van der Waals surface area contributed by atoms with Gasteiger partial charge in [-0.2, -0.15) is 0 Å². The summed E-state index contributed by atoms with van der Waals surface area (Å²) in [4.78, 5) is 0. The van der Waals surface area contributed by atoms with E-state index in [1.165, 1.54) is 0 Å². The zero-order chi connectivity index (χ0) is 12.6. The number of aromatic nitrogens is 1. The molecule has 2 aromatic rings. The molecule has 0 saturated carbocycles. The normalized spacial score (nSPS) is 11.1. The average molecular weight is 316 g/mol. The van der Waals surface area contributed by atoms with Gasteiger partial charge >= 0.3 is 0 Å². The van der Waals surface area contributed by atoms with Gasteiger partial charge in [0.2, 0.25) is 0 Å². The van der Waals surface area contributed by atoms with Crippen molar-refractivity contribution in [2.24, 2.45) is 0 Å². The first-order valence-corrected chi connectivity index (χ1v) is 6.37. The van der Waals surface area contributed by atoms with Gasteiger partial charge in [0.15, 0.2) is 11.6 Å². The summed E-state index contributed by atoms with van der Waals surface area (Å²) in [6.45, 7) is 4.10. The lowest BCUT2D eigenvalue weighted by Crippen LogP contribution is -1.95. The van der Waals surface area contributed by atoms with Crippen LogP contribution < -0.4 is 5.73 Å². The van der Waals surface area contributed by atoms with Crippen molar-refractivity contribution in [2.75, 3.05) is 5.73 Å². The topological polar surface area (TPSA) is 52.0 Å². The van der Waals surface area contributed by atoms with E-state index in [0.29, 0.717) is 16.6 Å². The van der Waals surface area contributed by atoms with Crippen molar-refractivity contribution in [3.8, 4) is 11.3 Å². The van der Waals surface area contributed by atoms with Crippen LogP contribution in [0, 0.1) is 0 Å². The van der Waals surface area contributed by atoms with Crippen LogP contribution in [0.1, 0.15) is 25.3 Å². The van der Waals surface area contributed by atoms with Crippen LogP contribution in [0.4, 0.5) is 5.82 Å². The molecule has 90 valence electrons. The SMILES string of the molecule is CC(C)c1c(N)noc1-c1cc(Cl)cc(Br)c1. The average Bonchev–Trinajstić information content (AvgIpc) is 2.58. The smallest absolute Gasteiger partial charge is 0.172 e. The summed E-state index contributed by atoms with van der Waals surface area (Å²) in [6.07, 6.45) is 0. The summed E-state index contributed by atoms with van der Waals surface area (Å²) in [7, 11) is 0. The molecule has 0 aliphatic rings. The molecule has 0 saturated heterocycles. The highest BCUT2D eigenvalue weighted by atomic mass is 79.9. The summed E-state index contributed by atoms with van der Waals surface area (Å²) in [5.74, 6) is 1.36. The third kappa shape index (κ3) is 2.48. The molecule has 0 radical (unpaired) electrons. The molecular formula is C12H12BrClN2O. The number of benzene rings is 1. The van der Waals surface area contributed by atoms with Gasteiger partial charge in [0, 0.05) is 20.6 Å². The Morgan fingerprint density at radius 1 is 1.35 bits per heavy atom. The molecule has 0 spiro atoms. The monoisotopic (exact) mass is 314 g/mol.